The van der Waals surface area contributed by atoms with Crippen molar-refractivity contribution in [3.63, 3.8) is 0 Å². The zero-order valence-electron chi connectivity index (χ0n) is 7.75. The highest BCUT2D eigenvalue weighted by molar-refractivity contribution is 9.10. The first kappa shape index (κ1) is 10.5. The van der Waals surface area contributed by atoms with Crippen LogP contribution in [0.25, 0.3) is 0 Å². The Balaban J connectivity index is 2.53. The van der Waals surface area contributed by atoms with E-state index in [2.05, 4.69) is 33.2 Å². The highest BCUT2D eigenvalue weighted by Crippen LogP contribution is 2.14. The second kappa shape index (κ2) is 5.19. The molecule has 72 valence electrons. The topological polar surface area (TPSA) is 34.1 Å². The summed E-state index contributed by atoms with van der Waals surface area (Å²) in [6.07, 6.45) is 3.54. The first-order valence-corrected chi connectivity index (χ1v) is 4.87. The average Bonchev–Trinajstić information content (AvgIpc) is 2.04. The zero-order valence-corrected chi connectivity index (χ0v) is 9.34. The SMILES string of the molecule is COC[C@@H](C)Nc1cncc(Br)c1. The predicted molar refractivity (Wildman–Crippen MR) is 56.9 cm³/mol. The van der Waals surface area contributed by atoms with Crippen molar-refractivity contribution < 1.29 is 4.74 Å². The molecular formula is C9H13BrN2O. The highest BCUT2D eigenvalue weighted by atomic mass is 79.9. The van der Waals surface area contributed by atoms with Crippen LogP contribution in [0.1, 0.15) is 6.92 Å². The molecule has 0 radical (unpaired) electrons. The van der Waals surface area contributed by atoms with Crippen LogP contribution in [0.5, 0.6) is 0 Å². The van der Waals surface area contributed by atoms with Gasteiger partial charge in [-0.05, 0) is 28.9 Å². The third-order valence-electron chi connectivity index (χ3n) is 1.53. The molecule has 0 spiro atoms. The fourth-order valence-electron chi connectivity index (χ4n) is 1.07. The van der Waals surface area contributed by atoms with Crippen LogP contribution >= 0.6 is 15.9 Å². The largest absolute Gasteiger partial charge is 0.383 e. The summed E-state index contributed by atoms with van der Waals surface area (Å²) in [7, 11) is 1.69. The van der Waals surface area contributed by atoms with E-state index in [4.69, 9.17) is 4.74 Å². The van der Waals surface area contributed by atoms with Crippen molar-refractivity contribution >= 4 is 21.6 Å². The average molecular weight is 245 g/mol. The van der Waals surface area contributed by atoms with Crippen molar-refractivity contribution in [3.05, 3.63) is 22.9 Å². The number of halogens is 1. The van der Waals surface area contributed by atoms with Crippen molar-refractivity contribution in [3.8, 4) is 0 Å². The van der Waals surface area contributed by atoms with Gasteiger partial charge in [-0.1, -0.05) is 0 Å². The second-order valence-electron chi connectivity index (χ2n) is 2.89. The molecule has 0 aromatic carbocycles. The van der Waals surface area contributed by atoms with E-state index in [0.717, 1.165) is 10.2 Å². The summed E-state index contributed by atoms with van der Waals surface area (Å²) >= 11 is 3.36. The highest BCUT2D eigenvalue weighted by Gasteiger charge is 2.00. The Hall–Kier alpha value is -0.610. The van der Waals surface area contributed by atoms with Crippen LogP contribution in [-0.2, 0) is 4.74 Å². The molecule has 1 N–H and O–H groups in total. The molecule has 0 saturated heterocycles. The Morgan fingerprint density at radius 3 is 3.00 bits per heavy atom. The summed E-state index contributed by atoms with van der Waals surface area (Å²) in [5.41, 5.74) is 0.999. The van der Waals surface area contributed by atoms with E-state index in [1.165, 1.54) is 0 Å². The maximum Gasteiger partial charge on any atom is 0.0661 e. The Morgan fingerprint density at radius 1 is 1.62 bits per heavy atom. The van der Waals surface area contributed by atoms with Crippen LogP contribution in [0.4, 0.5) is 5.69 Å². The van der Waals surface area contributed by atoms with Gasteiger partial charge in [-0.3, -0.25) is 4.98 Å². The number of pyridine rings is 1. The van der Waals surface area contributed by atoms with Gasteiger partial charge in [0.2, 0.25) is 0 Å². The van der Waals surface area contributed by atoms with Crippen LogP contribution in [0, 0.1) is 0 Å². The lowest BCUT2D eigenvalue weighted by atomic mass is 10.3. The van der Waals surface area contributed by atoms with Crippen molar-refractivity contribution in [2.45, 2.75) is 13.0 Å². The van der Waals surface area contributed by atoms with Crippen LogP contribution in [0.3, 0.4) is 0 Å². The minimum atomic E-state index is 0.293. The number of methoxy groups -OCH3 is 1. The summed E-state index contributed by atoms with van der Waals surface area (Å²) in [4.78, 5) is 4.05. The minimum absolute atomic E-state index is 0.293. The van der Waals surface area contributed by atoms with Gasteiger partial charge in [-0.2, -0.15) is 0 Å². The van der Waals surface area contributed by atoms with E-state index < -0.39 is 0 Å². The number of hydrogen-bond acceptors (Lipinski definition) is 3. The molecule has 13 heavy (non-hydrogen) atoms. The smallest absolute Gasteiger partial charge is 0.0661 e. The predicted octanol–water partition coefficient (Wildman–Crippen LogP) is 2.29. The molecule has 0 saturated carbocycles. The van der Waals surface area contributed by atoms with E-state index in [0.29, 0.717) is 12.6 Å². The Bertz CT molecular complexity index is 268. The number of nitrogens with one attached hydrogen (secondary N) is 1. The molecule has 0 aliphatic heterocycles. The molecule has 1 heterocycles. The molecule has 3 nitrogen and oxygen atoms in total. The van der Waals surface area contributed by atoms with Gasteiger partial charge >= 0.3 is 0 Å². The molecule has 1 aromatic rings. The van der Waals surface area contributed by atoms with Gasteiger partial charge in [-0.15, -0.1) is 0 Å². The molecule has 0 aliphatic rings. The maximum atomic E-state index is 5.01. The Kier molecular flexibility index (Phi) is 4.18. The maximum absolute atomic E-state index is 5.01. The van der Waals surface area contributed by atoms with Crippen molar-refractivity contribution in [2.24, 2.45) is 0 Å². The third-order valence-corrected chi connectivity index (χ3v) is 1.97. The van der Waals surface area contributed by atoms with Gasteiger partial charge in [-0.25, -0.2) is 0 Å². The lowest BCUT2D eigenvalue weighted by Gasteiger charge is -2.13. The van der Waals surface area contributed by atoms with Crippen molar-refractivity contribution in [2.75, 3.05) is 19.0 Å². The Labute approximate surface area is 86.6 Å². The molecule has 0 amide bonds. The Morgan fingerprint density at radius 2 is 2.38 bits per heavy atom. The number of nitrogens with zero attached hydrogens (tertiary/aromatic N) is 1. The van der Waals surface area contributed by atoms with Crippen molar-refractivity contribution in [1.82, 2.24) is 4.98 Å². The molecule has 1 rings (SSSR count). The summed E-state index contributed by atoms with van der Waals surface area (Å²) in [6.45, 7) is 2.75. The van der Waals surface area contributed by atoms with Crippen molar-refractivity contribution in [1.29, 1.82) is 0 Å². The fraction of sp³-hybridized carbons (Fsp3) is 0.444. The van der Waals surface area contributed by atoms with Gasteiger partial charge in [0.05, 0.1) is 18.5 Å². The summed E-state index contributed by atoms with van der Waals surface area (Å²) < 4.78 is 5.99. The number of hydrogen-bond donors (Lipinski definition) is 1. The lowest BCUT2D eigenvalue weighted by Crippen LogP contribution is -2.20. The standard InChI is InChI=1S/C9H13BrN2O/c1-7(6-13-2)12-9-3-8(10)4-11-5-9/h3-5,7,12H,6H2,1-2H3/t7-/m1/s1. The van der Waals surface area contributed by atoms with Gasteiger partial charge in [0.25, 0.3) is 0 Å². The summed E-state index contributed by atoms with van der Waals surface area (Å²) in [6, 6.07) is 2.28. The van der Waals surface area contributed by atoms with Crippen LogP contribution in [0.2, 0.25) is 0 Å². The van der Waals surface area contributed by atoms with Crippen LogP contribution in [-0.4, -0.2) is 24.7 Å². The van der Waals surface area contributed by atoms with Gasteiger partial charge in [0.15, 0.2) is 0 Å². The number of rotatable bonds is 4. The number of anilines is 1. The normalized spacial score (nSPS) is 12.5. The van der Waals surface area contributed by atoms with E-state index in [9.17, 15) is 0 Å². The zero-order chi connectivity index (χ0) is 9.68. The minimum Gasteiger partial charge on any atom is -0.383 e. The van der Waals surface area contributed by atoms with E-state index in [1.807, 2.05) is 6.07 Å². The van der Waals surface area contributed by atoms with E-state index in [-0.39, 0.29) is 0 Å². The van der Waals surface area contributed by atoms with E-state index in [1.54, 1.807) is 19.5 Å². The monoisotopic (exact) mass is 244 g/mol. The number of aromatic nitrogens is 1. The molecule has 1 atom stereocenters. The molecule has 0 unspecified atom stereocenters. The molecule has 0 fully saturated rings. The van der Waals surface area contributed by atoms with Crippen LogP contribution in [0.15, 0.2) is 22.9 Å². The molecule has 0 bridgehead atoms. The number of ether oxygens (including phenoxy) is 1. The lowest BCUT2D eigenvalue weighted by molar-refractivity contribution is 0.190. The molecular weight excluding hydrogens is 232 g/mol. The van der Waals surface area contributed by atoms with Gasteiger partial charge in [0.1, 0.15) is 0 Å². The van der Waals surface area contributed by atoms with Gasteiger partial charge in [0, 0.05) is 23.8 Å². The molecule has 0 aliphatic carbocycles. The quantitative estimate of drug-likeness (QED) is 0.883. The first-order valence-electron chi connectivity index (χ1n) is 4.08. The fourth-order valence-corrected chi connectivity index (χ4v) is 1.43. The second-order valence-corrected chi connectivity index (χ2v) is 3.81. The summed E-state index contributed by atoms with van der Waals surface area (Å²) in [5.74, 6) is 0. The molecule has 4 heteroatoms. The summed E-state index contributed by atoms with van der Waals surface area (Å²) in [5, 5.41) is 3.27. The molecule has 1 aromatic heterocycles. The van der Waals surface area contributed by atoms with E-state index >= 15 is 0 Å². The first-order chi connectivity index (χ1) is 6.22. The van der Waals surface area contributed by atoms with Gasteiger partial charge < -0.3 is 10.1 Å². The van der Waals surface area contributed by atoms with Crippen LogP contribution < -0.4 is 5.32 Å². The third kappa shape index (κ3) is 3.74.